The van der Waals surface area contributed by atoms with E-state index >= 15 is 0 Å². The summed E-state index contributed by atoms with van der Waals surface area (Å²) in [4.78, 5) is 75.1. The van der Waals surface area contributed by atoms with Crippen molar-refractivity contribution in [3.05, 3.63) is 28.8 Å². The molecule has 178 valence electrons. The summed E-state index contributed by atoms with van der Waals surface area (Å²) < 4.78 is 2.01. The molecule has 0 atom stereocenters. The van der Waals surface area contributed by atoms with Crippen LogP contribution in [0, 0.1) is 17.8 Å². The number of cyclic esters (lactones) is 2. The molecular weight excluding hydrogens is 430 g/mol. The van der Waals surface area contributed by atoms with Crippen molar-refractivity contribution in [1.29, 1.82) is 0 Å². The van der Waals surface area contributed by atoms with Crippen molar-refractivity contribution in [2.45, 2.75) is 60.8 Å². The zero-order valence-corrected chi connectivity index (χ0v) is 19.8. The van der Waals surface area contributed by atoms with E-state index in [1.807, 2.05) is 41.5 Å². The molecular formula is C24H30NO8+. The first-order valence-electron chi connectivity index (χ1n) is 10.9. The predicted octanol–water partition coefficient (Wildman–Crippen LogP) is 2.34. The van der Waals surface area contributed by atoms with Crippen molar-refractivity contribution < 1.29 is 38.6 Å². The zero-order valence-electron chi connectivity index (χ0n) is 19.8. The third-order valence-corrected chi connectivity index (χ3v) is 5.35. The van der Waals surface area contributed by atoms with E-state index < -0.39 is 40.1 Å². The SMILES string of the molecule is CC(C)Cc1ccc([N+]2(C(=O)C(=O)O)C(=O)C(=O)OC(=O)C2=O)c(CC(C)C)c1CC(C)C. The molecule has 1 saturated heterocycles. The zero-order chi connectivity index (χ0) is 25.2. The number of hydrogen-bond donors (Lipinski definition) is 1. The van der Waals surface area contributed by atoms with Crippen LogP contribution in [0.15, 0.2) is 12.1 Å². The average Bonchev–Trinajstić information content (AvgIpc) is 2.69. The van der Waals surface area contributed by atoms with Gasteiger partial charge < -0.3 is 9.84 Å². The lowest BCUT2D eigenvalue weighted by atomic mass is 9.84. The molecule has 0 aromatic heterocycles. The first-order chi connectivity index (χ1) is 15.2. The molecule has 1 N–H and O–H groups in total. The van der Waals surface area contributed by atoms with E-state index in [4.69, 9.17) is 0 Å². The highest BCUT2D eigenvalue weighted by molar-refractivity contribution is 6.64. The Morgan fingerprint density at radius 3 is 1.67 bits per heavy atom. The van der Waals surface area contributed by atoms with Crippen molar-refractivity contribution in [3.8, 4) is 0 Å². The fourth-order valence-electron chi connectivity index (χ4n) is 4.17. The van der Waals surface area contributed by atoms with Crippen molar-refractivity contribution in [2.75, 3.05) is 0 Å². The number of imide groups is 3. The molecule has 1 aliphatic rings. The van der Waals surface area contributed by atoms with Gasteiger partial charge in [-0.3, -0.25) is 0 Å². The molecule has 0 bridgehead atoms. The Morgan fingerprint density at radius 2 is 1.24 bits per heavy atom. The third-order valence-electron chi connectivity index (χ3n) is 5.35. The second kappa shape index (κ2) is 9.74. The molecule has 1 heterocycles. The van der Waals surface area contributed by atoms with E-state index in [0.29, 0.717) is 24.8 Å². The second-order valence-electron chi connectivity index (χ2n) is 9.56. The van der Waals surface area contributed by atoms with Crippen molar-refractivity contribution in [3.63, 3.8) is 0 Å². The number of rotatable bonds is 7. The maximum absolute atomic E-state index is 13.0. The van der Waals surface area contributed by atoms with E-state index in [1.165, 1.54) is 6.07 Å². The van der Waals surface area contributed by atoms with Crippen LogP contribution < -0.4 is 4.48 Å². The van der Waals surface area contributed by atoms with Crippen LogP contribution in [0.4, 0.5) is 5.69 Å². The van der Waals surface area contributed by atoms with Crippen molar-refractivity contribution in [1.82, 2.24) is 4.48 Å². The number of carbonyl (C=O) groups is 6. The van der Waals surface area contributed by atoms with Gasteiger partial charge in [0, 0.05) is 11.6 Å². The van der Waals surface area contributed by atoms with Gasteiger partial charge in [0.2, 0.25) is 0 Å². The minimum absolute atomic E-state index is 0.0124. The lowest BCUT2D eigenvalue weighted by Gasteiger charge is -2.32. The maximum Gasteiger partial charge on any atom is 0.446 e. The molecule has 9 nitrogen and oxygen atoms in total. The molecule has 1 aliphatic heterocycles. The van der Waals surface area contributed by atoms with Crippen LogP contribution in [-0.4, -0.2) is 40.7 Å². The smallest absolute Gasteiger partial charge is 0.446 e. The topological polar surface area (TPSA) is 132 Å². The average molecular weight is 461 g/mol. The monoisotopic (exact) mass is 460 g/mol. The number of aliphatic carboxylic acids is 1. The summed E-state index contributed by atoms with van der Waals surface area (Å²) in [5.41, 5.74) is 1.87. The minimum atomic E-state index is -2.16. The molecule has 1 aromatic rings. The molecule has 0 radical (unpaired) electrons. The van der Waals surface area contributed by atoms with Crippen LogP contribution in [0.1, 0.15) is 58.2 Å². The lowest BCUT2D eigenvalue weighted by Crippen LogP contribution is -2.72. The number of ether oxygens (including phenoxy) is 1. The van der Waals surface area contributed by atoms with Crippen LogP contribution in [-0.2, 0) is 52.8 Å². The van der Waals surface area contributed by atoms with Crippen LogP contribution in [0.3, 0.4) is 0 Å². The summed E-state index contributed by atoms with van der Waals surface area (Å²) in [7, 11) is 0. The van der Waals surface area contributed by atoms with Crippen molar-refractivity contribution in [2.24, 2.45) is 17.8 Å². The molecule has 0 aliphatic carbocycles. The van der Waals surface area contributed by atoms with Crippen LogP contribution in [0.2, 0.25) is 0 Å². The number of benzene rings is 1. The highest BCUT2D eigenvalue weighted by atomic mass is 16.6. The summed E-state index contributed by atoms with van der Waals surface area (Å²) >= 11 is 0. The van der Waals surface area contributed by atoms with Gasteiger partial charge in [-0.2, -0.15) is 0 Å². The largest absolute Gasteiger partial charge is 0.471 e. The number of amides is 3. The quantitative estimate of drug-likeness (QED) is 0.216. The second-order valence-corrected chi connectivity index (χ2v) is 9.56. The summed E-state index contributed by atoms with van der Waals surface area (Å²) in [5.74, 6) is -10.5. The van der Waals surface area contributed by atoms with Gasteiger partial charge in [0.05, 0.1) is 0 Å². The van der Waals surface area contributed by atoms with Gasteiger partial charge in [0.15, 0.2) is 5.69 Å². The standard InChI is InChI=1S/C24H29NO8/c1-12(2)9-15-7-8-18(17(11-14(5)6)16(15)10-13(3)4)25(19(26)22(29)30)20(27)23(31)33-24(32)21(25)28/h7-8,12-14H,9-11H2,1-6H3/p+1. The van der Waals surface area contributed by atoms with E-state index in [-0.39, 0.29) is 23.4 Å². The number of quaternary nitrogens is 1. The summed E-state index contributed by atoms with van der Waals surface area (Å²) in [6.07, 6.45) is 1.49. The molecule has 1 fully saturated rings. The molecule has 3 amide bonds. The number of nitrogens with zero attached hydrogens (tertiary/aromatic N) is 1. The fraction of sp³-hybridized carbons (Fsp3) is 0.500. The van der Waals surface area contributed by atoms with Gasteiger partial charge in [-0.25, -0.2) is 28.8 Å². The van der Waals surface area contributed by atoms with Crippen molar-refractivity contribution >= 4 is 41.3 Å². The van der Waals surface area contributed by atoms with Gasteiger partial charge in [0.25, 0.3) is 0 Å². The molecule has 1 aromatic carbocycles. The Morgan fingerprint density at radius 1 is 0.788 bits per heavy atom. The molecule has 2 rings (SSSR count). The first-order valence-corrected chi connectivity index (χ1v) is 10.9. The van der Waals surface area contributed by atoms with E-state index in [0.717, 1.165) is 11.1 Å². The van der Waals surface area contributed by atoms with Gasteiger partial charge in [0.1, 0.15) is 0 Å². The van der Waals surface area contributed by atoms with Gasteiger partial charge in [-0.15, -0.1) is 0 Å². The van der Waals surface area contributed by atoms with Gasteiger partial charge >= 0.3 is 35.6 Å². The normalized spacial score (nSPS) is 16.0. The Hall–Kier alpha value is -3.20. The third kappa shape index (κ3) is 4.78. The highest BCUT2D eigenvalue weighted by Crippen LogP contribution is 2.38. The fourth-order valence-corrected chi connectivity index (χ4v) is 4.17. The lowest BCUT2D eigenvalue weighted by molar-refractivity contribution is -0.184. The number of esters is 2. The number of carbonyl (C=O) groups excluding carboxylic acids is 5. The summed E-state index contributed by atoms with van der Waals surface area (Å²) in [6.45, 7) is 11.8. The Bertz CT molecular complexity index is 995. The highest BCUT2D eigenvalue weighted by Gasteiger charge is 2.67. The Labute approximate surface area is 192 Å². The molecule has 0 spiro atoms. The van der Waals surface area contributed by atoms with Crippen LogP contribution >= 0.6 is 0 Å². The van der Waals surface area contributed by atoms with E-state index in [1.54, 1.807) is 6.07 Å². The van der Waals surface area contributed by atoms with Gasteiger partial charge in [-0.05, 0) is 48.1 Å². The Balaban J connectivity index is 3.05. The maximum atomic E-state index is 13.0. The molecule has 33 heavy (non-hydrogen) atoms. The van der Waals surface area contributed by atoms with Crippen LogP contribution in [0.25, 0.3) is 0 Å². The van der Waals surface area contributed by atoms with Gasteiger partial charge in [-0.1, -0.05) is 52.1 Å². The van der Waals surface area contributed by atoms with Crippen LogP contribution in [0.5, 0.6) is 0 Å². The Kier molecular flexibility index (Phi) is 7.69. The first kappa shape index (κ1) is 26.1. The number of carboxylic acids is 1. The summed E-state index contributed by atoms with van der Waals surface area (Å²) in [5, 5.41) is 9.50. The summed E-state index contributed by atoms with van der Waals surface area (Å²) in [6, 6.07) is 2.96. The molecule has 0 unspecified atom stereocenters. The molecule has 9 heteroatoms. The van der Waals surface area contributed by atoms with E-state index in [2.05, 4.69) is 4.74 Å². The predicted molar refractivity (Wildman–Crippen MR) is 118 cm³/mol. The number of carboxylic acid groups (broad SMARTS) is 1. The number of hydrogen-bond acceptors (Lipinski definition) is 7. The minimum Gasteiger partial charge on any atom is -0.471 e. The van der Waals surface area contributed by atoms with E-state index in [9.17, 15) is 33.9 Å². The molecule has 0 saturated carbocycles. The number of morpholine rings is 1.